The molecule has 1 aromatic heterocycles. The van der Waals surface area contributed by atoms with Crippen LogP contribution in [-0.4, -0.2) is 13.2 Å². The second kappa shape index (κ2) is 6.06. The number of nitrogens with one attached hydrogen (secondary N) is 1. The third-order valence-electron chi connectivity index (χ3n) is 2.90. The van der Waals surface area contributed by atoms with E-state index in [9.17, 15) is 0 Å². The Morgan fingerprint density at radius 1 is 1.50 bits per heavy atom. The maximum atomic E-state index is 5.57. The van der Waals surface area contributed by atoms with Gasteiger partial charge in [-0.15, -0.1) is 0 Å². The fourth-order valence-corrected chi connectivity index (χ4v) is 1.69. The van der Waals surface area contributed by atoms with Crippen LogP contribution in [-0.2, 0) is 17.9 Å². The van der Waals surface area contributed by atoms with Gasteiger partial charge in [0, 0.05) is 18.7 Å². The van der Waals surface area contributed by atoms with E-state index in [0.717, 1.165) is 31.4 Å². The van der Waals surface area contributed by atoms with Crippen LogP contribution in [0.4, 0.5) is 0 Å². The average molecular weight is 223 g/mol. The SMILES string of the molecule is CCNCc1coc(COCCC2CC2)c1. The van der Waals surface area contributed by atoms with Crippen molar-refractivity contribution in [2.45, 2.75) is 39.3 Å². The molecule has 0 spiro atoms. The third kappa shape index (κ3) is 3.99. The molecule has 1 fully saturated rings. The summed E-state index contributed by atoms with van der Waals surface area (Å²) < 4.78 is 11.0. The normalized spacial score (nSPS) is 15.6. The summed E-state index contributed by atoms with van der Waals surface area (Å²) in [6, 6.07) is 2.07. The Kier molecular flexibility index (Phi) is 4.43. The van der Waals surface area contributed by atoms with E-state index < -0.39 is 0 Å². The highest BCUT2D eigenvalue weighted by atomic mass is 16.5. The molecule has 0 radical (unpaired) electrons. The van der Waals surface area contributed by atoms with Gasteiger partial charge in [-0.2, -0.15) is 0 Å². The summed E-state index contributed by atoms with van der Waals surface area (Å²) in [7, 11) is 0. The lowest BCUT2D eigenvalue weighted by Gasteiger charge is -2.00. The van der Waals surface area contributed by atoms with Crippen molar-refractivity contribution in [2.24, 2.45) is 5.92 Å². The molecule has 90 valence electrons. The summed E-state index contributed by atoms with van der Waals surface area (Å²) in [5, 5.41) is 3.27. The molecule has 3 heteroatoms. The Hall–Kier alpha value is -0.800. The van der Waals surface area contributed by atoms with Gasteiger partial charge in [-0.05, 0) is 24.9 Å². The summed E-state index contributed by atoms with van der Waals surface area (Å²) in [6.07, 6.45) is 5.82. The first-order valence-corrected chi connectivity index (χ1v) is 6.23. The zero-order valence-corrected chi connectivity index (χ0v) is 10.00. The number of hydrogen-bond donors (Lipinski definition) is 1. The summed E-state index contributed by atoms with van der Waals surface area (Å²) in [4.78, 5) is 0. The summed E-state index contributed by atoms with van der Waals surface area (Å²) >= 11 is 0. The Morgan fingerprint density at radius 3 is 3.12 bits per heavy atom. The van der Waals surface area contributed by atoms with E-state index in [1.54, 1.807) is 0 Å². The largest absolute Gasteiger partial charge is 0.467 e. The topological polar surface area (TPSA) is 34.4 Å². The van der Waals surface area contributed by atoms with E-state index >= 15 is 0 Å². The number of furan rings is 1. The molecule has 1 heterocycles. The quantitative estimate of drug-likeness (QED) is 0.688. The van der Waals surface area contributed by atoms with Crippen LogP contribution in [0, 0.1) is 5.92 Å². The van der Waals surface area contributed by atoms with Crippen molar-refractivity contribution in [2.75, 3.05) is 13.2 Å². The summed E-state index contributed by atoms with van der Waals surface area (Å²) in [5.41, 5.74) is 1.20. The van der Waals surface area contributed by atoms with E-state index in [-0.39, 0.29) is 0 Å². The van der Waals surface area contributed by atoms with Crippen LogP contribution < -0.4 is 5.32 Å². The number of rotatable bonds is 8. The summed E-state index contributed by atoms with van der Waals surface area (Å²) in [5.74, 6) is 1.88. The molecule has 0 unspecified atom stereocenters. The van der Waals surface area contributed by atoms with Crippen LogP contribution >= 0.6 is 0 Å². The lowest BCUT2D eigenvalue weighted by atomic mass is 10.3. The Labute approximate surface area is 97.2 Å². The highest BCUT2D eigenvalue weighted by Gasteiger charge is 2.20. The maximum absolute atomic E-state index is 5.57. The van der Waals surface area contributed by atoms with Gasteiger partial charge in [0.15, 0.2) is 0 Å². The standard InChI is InChI=1S/C13H21NO2/c1-2-14-8-12-7-13(16-9-12)10-15-6-5-11-3-4-11/h7,9,11,14H,2-6,8,10H2,1H3. The van der Waals surface area contributed by atoms with E-state index in [1.807, 2.05) is 6.26 Å². The monoisotopic (exact) mass is 223 g/mol. The molecule has 0 bridgehead atoms. The van der Waals surface area contributed by atoms with Crippen LogP contribution in [0.15, 0.2) is 16.7 Å². The predicted octanol–water partition coefficient (Wildman–Crippen LogP) is 2.71. The molecule has 1 saturated carbocycles. The Bertz CT molecular complexity index is 305. The minimum Gasteiger partial charge on any atom is -0.467 e. The third-order valence-corrected chi connectivity index (χ3v) is 2.90. The highest BCUT2D eigenvalue weighted by Crippen LogP contribution is 2.32. The van der Waals surface area contributed by atoms with E-state index in [0.29, 0.717) is 6.61 Å². The van der Waals surface area contributed by atoms with Crippen LogP contribution in [0.5, 0.6) is 0 Å². The first-order chi connectivity index (χ1) is 7.88. The van der Waals surface area contributed by atoms with Gasteiger partial charge in [-0.25, -0.2) is 0 Å². The van der Waals surface area contributed by atoms with Crippen molar-refractivity contribution in [3.05, 3.63) is 23.7 Å². The minimum atomic E-state index is 0.610. The fraction of sp³-hybridized carbons (Fsp3) is 0.692. The number of ether oxygens (including phenoxy) is 1. The molecule has 3 nitrogen and oxygen atoms in total. The Balaban J connectivity index is 1.61. The highest BCUT2D eigenvalue weighted by molar-refractivity contribution is 5.11. The average Bonchev–Trinajstić information content (AvgIpc) is 3.01. The molecule has 0 aromatic carbocycles. The van der Waals surface area contributed by atoms with Gasteiger partial charge in [-0.1, -0.05) is 19.8 Å². The van der Waals surface area contributed by atoms with Gasteiger partial charge in [-0.3, -0.25) is 0 Å². The van der Waals surface area contributed by atoms with E-state index in [2.05, 4.69) is 18.3 Å². The minimum absolute atomic E-state index is 0.610. The van der Waals surface area contributed by atoms with Gasteiger partial charge >= 0.3 is 0 Å². The molecular weight excluding hydrogens is 202 g/mol. The molecule has 1 N–H and O–H groups in total. The van der Waals surface area contributed by atoms with Gasteiger partial charge < -0.3 is 14.5 Å². The van der Waals surface area contributed by atoms with Crippen molar-refractivity contribution in [3.8, 4) is 0 Å². The second-order valence-electron chi connectivity index (χ2n) is 4.49. The second-order valence-corrected chi connectivity index (χ2v) is 4.49. The molecule has 0 aliphatic heterocycles. The predicted molar refractivity (Wildman–Crippen MR) is 63.1 cm³/mol. The molecular formula is C13H21NO2. The zero-order chi connectivity index (χ0) is 11.2. The fourth-order valence-electron chi connectivity index (χ4n) is 1.69. The lowest BCUT2D eigenvalue weighted by Crippen LogP contribution is -2.10. The Morgan fingerprint density at radius 2 is 2.38 bits per heavy atom. The van der Waals surface area contributed by atoms with Crippen molar-refractivity contribution >= 4 is 0 Å². The lowest BCUT2D eigenvalue weighted by molar-refractivity contribution is 0.101. The molecule has 1 aromatic rings. The van der Waals surface area contributed by atoms with Gasteiger partial charge in [0.1, 0.15) is 12.4 Å². The van der Waals surface area contributed by atoms with Crippen LogP contribution in [0.25, 0.3) is 0 Å². The van der Waals surface area contributed by atoms with Crippen molar-refractivity contribution in [3.63, 3.8) is 0 Å². The van der Waals surface area contributed by atoms with Crippen molar-refractivity contribution in [1.82, 2.24) is 5.32 Å². The molecule has 16 heavy (non-hydrogen) atoms. The van der Waals surface area contributed by atoms with Crippen LogP contribution in [0.1, 0.15) is 37.5 Å². The molecule has 0 saturated heterocycles. The zero-order valence-electron chi connectivity index (χ0n) is 10.00. The molecule has 0 amide bonds. The van der Waals surface area contributed by atoms with Crippen LogP contribution in [0.2, 0.25) is 0 Å². The first kappa shape index (κ1) is 11.7. The van der Waals surface area contributed by atoms with E-state index in [4.69, 9.17) is 9.15 Å². The summed E-state index contributed by atoms with van der Waals surface area (Å²) in [6.45, 7) is 5.44. The molecule has 1 aliphatic rings. The van der Waals surface area contributed by atoms with Gasteiger partial charge in [0.25, 0.3) is 0 Å². The maximum Gasteiger partial charge on any atom is 0.129 e. The van der Waals surface area contributed by atoms with E-state index in [1.165, 1.54) is 24.8 Å². The van der Waals surface area contributed by atoms with Gasteiger partial charge in [0.05, 0.1) is 6.26 Å². The number of hydrogen-bond acceptors (Lipinski definition) is 3. The van der Waals surface area contributed by atoms with Crippen molar-refractivity contribution in [1.29, 1.82) is 0 Å². The molecule has 2 rings (SSSR count). The first-order valence-electron chi connectivity index (χ1n) is 6.23. The smallest absolute Gasteiger partial charge is 0.129 e. The van der Waals surface area contributed by atoms with Crippen LogP contribution in [0.3, 0.4) is 0 Å². The molecule has 0 atom stereocenters. The van der Waals surface area contributed by atoms with Gasteiger partial charge in [0.2, 0.25) is 0 Å². The molecule has 1 aliphatic carbocycles. The van der Waals surface area contributed by atoms with Crippen molar-refractivity contribution < 1.29 is 9.15 Å².